The summed E-state index contributed by atoms with van der Waals surface area (Å²) >= 11 is 0. The van der Waals surface area contributed by atoms with Crippen molar-refractivity contribution in [2.45, 2.75) is 33.8 Å². The summed E-state index contributed by atoms with van der Waals surface area (Å²) in [4.78, 5) is 13.3. The molecule has 1 aliphatic rings. The molecule has 1 rings (SSSR count). The van der Waals surface area contributed by atoms with Crippen LogP contribution in [0.3, 0.4) is 0 Å². The van der Waals surface area contributed by atoms with Gasteiger partial charge in [0.15, 0.2) is 0 Å². The molecule has 1 atom stereocenters. The topological polar surface area (TPSA) is 40.5 Å². The first-order chi connectivity index (χ1) is 5.82. The molecule has 0 aromatic carbocycles. The Labute approximate surface area is 79.7 Å². The third-order valence-corrected chi connectivity index (χ3v) is 2.43. The lowest BCUT2D eigenvalue weighted by Crippen LogP contribution is -2.54. The van der Waals surface area contributed by atoms with E-state index < -0.39 is 6.10 Å². The molecule has 1 saturated heterocycles. The Morgan fingerprint density at radius 2 is 1.92 bits per heavy atom. The number of hydrogen-bond donors (Lipinski definition) is 1. The van der Waals surface area contributed by atoms with Crippen LogP contribution < -0.4 is 0 Å². The molecule has 1 unspecified atom stereocenters. The minimum atomic E-state index is -0.861. The molecule has 0 aromatic heterocycles. The highest BCUT2D eigenvalue weighted by molar-refractivity contribution is 5.82. The summed E-state index contributed by atoms with van der Waals surface area (Å²) in [5.74, 6) is 0.474. The molecule has 13 heavy (non-hydrogen) atoms. The zero-order valence-electron chi connectivity index (χ0n) is 8.87. The maximum atomic E-state index is 11.6. The Morgan fingerprint density at radius 1 is 1.46 bits per heavy atom. The van der Waals surface area contributed by atoms with Crippen LogP contribution in [0.1, 0.15) is 27.7 Å². The Kier molecular flexibility index (Phi) is 2.66. The van der Waals surface area contributed by atoms with Gasteiger partial charge in [-0.05, 0) is 11.3 Å². The lowest BCUT2D eigenvalue weighted by molar-refractivity contribution is -0.151. The number of nitrogens with zero attached hydrogens (tertiary/aromatic N) is 1. The number of likely N-dealkylation sites (tertiary alicyclic amines) is 1. The largest absolute Gasteiger partial charge is 0.383 e. The lowest BCUT2D eigenvalue weighted by atomic mass is 9.87. The van der Waals surface area contributed by atoms with E-state index >= 15 is 0 Å². The molecule has 0 bridgehead atoms. The normalized spacial score (nSPS) is 21.2. The maximum absolute atomic E-state index is 11.6. The fourth-order valence-electron chi connectivity index (χ4n) is 1.42. The van der Waals surface area contributed by atoms with Crippen LogP contribution in [0, 0.1) is 11.3 Å². The van der Waals surface area contributed by atoms with E-state index in [1.165, 1.54) is 0 Å². The van der Waals surface area contributed by atoms with Gasteiger partial charge in [0.25, 0.3) is 5.91 Å². The minimum absolute atomic E-state index is 0.120. The quantitative estimate of drug-likeness (QED) is 0.658. The average Bonchev–Trinajstić information content (AvgIpc) is 1.94. The van der Waals surface area contributed by atoms with Gasteiger partial charge in [-0.2, -0.15) is 0 Å². The molecular formula is C10H19NO2. The fraction of sp³-hybridized carbons (Fsp3) is 0.900. The van der Waals surface area contributed by atoms with Gasteiger partial charge < -0.3 is 10.0 Å². The second-order valence-electron chi connectivity index (χ2n) is 5.12. The highest BCUT2D eigenvalue weighted by atomic mass is 16.3. The molecule has 3 nitrogen and oxygen atoms in total. The van der Waals surface area contributed by atoms with Crippen LogP contribution in [0.25, 0.3) is 0 Å². The molecular weight excluding hydrogens is 166 g/mol. The van der Waals surface area contributed by atoms with Gasteiger partial charge in [-0.25, -0.2) is 0 Å². The number of hydrogen-bond acceptors (Lipinski definition) is 2. The summed E-state index contributed by atoms with van der Waals surface area (Å²) in [6.45, 7) is 9.32. The molecule has 1 amide bonds. The van der Waals surface area contributed by atoms with Gasteiger partial charge >= 0.3 is 0 Å². The maximum Gasteiger partial charge on any atom is 0.251 e. The zero-order chi connectivity index (χ0) is 10.2. The van der Waals surface area contributed by atoms with Gasteiger partial charge in [-0.3, -0.25) is 4.79 Å². The summed E-state index contributed by atoms with van der Waals surface area (Å²) in [6, 6.07) is 0. The van der Waals surface area contributed by atoms with Crippen molar-refractivity contribution in [3.05, 3.63) is 0 Å². The van der Waals surface area contributed by atoms with E-state index in [1.54, 1.807) is 4.90 Å². The Morgan fingerprint density at radius 3 is 2.23 bits per heavy atom. The van der Waals surface area contributed by atoms with E-state index in [0.29, 0.717) is 5.92 Å². The van der Waals surface area contributed by atoms with Crippen LogP contribution in [-0.2, 0) is 4.79 Å². The van der Waals surface area contributed by atoms with Crippen molar-refractivity contribution in [1.82, 2.24) is 4.90 Å². The van der Waals surface area contributed by atoms with E-state index in [-0.39, 0.29) is 11.3 Å². The first-order valence-corrected chi connectivity index (χ1v) is 4.79. The molecule has 76 valence electrons. The number of carbonyl (C=O) groups excluding carboxylic acids is 1. The fourth-order valence-corrected chi connectivity index (χ4v) is 1.42. The van der Waals surface area contributed by atoms with Crippen molar-refractivity contribution < 1.29 is 9.90 Å². The Balaban J connectivity index is 2.49. The molecule has 1 fully saturated rings. The first-order valence-electron chi connectivity index (χ1n) is 4.79. The molecule has 0 radical (unpaired) electrons. The smallest absolute Gasteiger partial charge is 0.251 e. The van der Waals surface area contributed by atoms with Crippen molar-refractivity contribution in [3.8, 4) is 0 Å². The molecule has 0 aliphatic carbocycles. The third kappa shape index (κ3) is 2.21. The van der Waals surface area contributed by atoms with Gasteiger partial charge in [0, 0.05) is 13.1 Å². The van der Waals surface area contributed by atoms with Crippen LogP contribution in [0.4, 0.5) is 0 Å². The summed E-state index contributed by atoms with van der Waals surface area (Å²) < 4.78 is 0. The third-order valence-electron chi connectivity index (χ3n) is 2.43. The van der Waals surface area contributed by atoms with Crippen molar-refractivity contribution in [3.63, 3.8) is 0 Å². The van der Waals surface area contributed by atoms with Gasteiger partial charge in [0.05, 0.1) is 0 Å². The molecule has 1 N–H and O–H groups in total. The van der Waals surface area contributed by atoms with Crippen molar-refractivity contribution in [2.24, 2.45) is 11.3 Å². The van der Waals surface area contributed by atoms with E-state index in [1.807, 2.05) is 20.8 Å². The first kappa shape index (κ1) is 10.5. The van der Waals surface area contributed by atoms with Crippen LogP contribution in [0.15, 0.2) is 0 Å². The van der Waals surface area contributed by atoms with E-state index in [9.17, 15) is 9.90 Å². The second kappa shape index (κ2) is 3.29. The molecule has 1 heterocycles. The number of rotatable bonds is 1. The predicted molar refractivity (Wildman–Crippen MR) is 51.2 cm³/mol. The highest BCUT2D eigenvalue weighted by Gasteiger charge is 2.36. The van der Waals surface area contributed by atoms with Crippen LogP contribution in [-0.4, -0.2) is 35.1 Å². The lowest BCUT2D eigenvalue weighted by Gasteiger charge is -2.40. The standard InChI is InChI=1S/C10H19NO2/c1-7-5-11(6-7)9(13)8(12)10(2,3)4/h7-8,12H,5-6H2,1-4H3. The molecule has 0 spiro atoms. The van der Waals surface area contributed by atoms with Gasteiger partial charge in [0.2, 0.25) is 0 Å². The van der Waals surface area contributed by atoms with Crippen LogP contribution in [0.5, 0.6) is 0 Å². The Hall–Kier alpha value is -0.570. The van der Waals surface area contributed by atoms with Crippen LogP contribution in [0.2, 0.25) is 0 Å². The minimum Gasteiger partial charge on any atom is -0.383 e. The van der Waals surface area contributed by atoms with Gasteiger partial charge in [0.1, 0.15) is 6.10 Å². The van der Waals surface area contributed by atoms with E-state index in [2.05, 4.69) is 6.92 Å². The van der Waals surface area contributed by atoms with Gasteiger partial charge in [-0.1, -0.05) is 27.7 Å². The molecule has 0 aromatic rings. The predicted octanol–water partition coefficient (Wildman–Crippen LogP) is 0.872. The van der Waals surface area contributed by atoms with Crippen molar-refractivity contribution in [1.29, 1.82) is 0 Å². The SMILES string of the molecule is CC1CN(C(=O)C(O)C(C)(C)C)C1. The number of aliphatic hydroxyl groups excluding tert-OH is 1. The average molecular weight is 185 g/mol. The zero-order valence-corrected chi connectivity index (χ0v) is 8.87. The van der Waals surface area contributed by atoms with E-state index in [0.717, 1.165) is 13.1 Å². The molecule has 1 aliphatic heterocycles. The van der Waals surface area contributed by atoms with Gasteiger partial charge in [-0.15, -0.1) is 0 Å². The number of amides is 1. The summed E-state index contributed by atoms with van der Waals surface area (Å²) in [5.41, 5.74) is -0.351. The summed E-state index contributed by atoms with van der Waals surface area (Å²) in [6.07, 6.45) is -0.861. The van der Waals surface area contributed by atoms with Crippen molar-refractivity contribution >= 4 is 5.91 Å². The summed E-state index contributed by atoms with van der Waals surface area (Å²) in [5, 5.41) is 9.68. The van der Waals surface area contributed by atoms with Crippen LogP contribution >= 0.6 is 0 Å². The molecule has 3 heteroatoms. The Bertz CT molecular complexity index is 201. The van der Waals surface area contributed by atoms with E-state index in [4.69, 9.17) is 0 Å². The number of carbonyl (C=O) groups is 1. The molecule has 0 saturated carbocycles. The summed E-state index contributed by atoms with van der Waals surface area (Å²) in [7, 11) is 0. The second-order valence-corrected chi connectivity index (χ2v) is 5.12. The number of aliphatic hydroxyl groups is 1. The monoisotopic (exact) mass is 185 g/mol. The highest BCUT2D eigenvalue weighted by Crippen LogP contribution is 2.24. The van der Waals surface area contributed by atoms with Crippen molar-refractivity contribution in [2.75, 3.05) is 13.1 Å².